The first-order chi connectivity index (χ1) is 16.9. The molecular weight excluding hydrogens is 448 g/mol. The molecule has 2 amide bonds. The largest absolute Gasteiger partial charge is 0.481 e. The zero-order valence-electron chi connectivity index (χ0n) is 19.3. The van der Waals surface area contributed by atoms with Gasteiger partial charge in [0.25, 0.3) is 5.91 Å². The van der Waals surface area contributed by atoms with Gasteiger partial charge in [0.15, 0.2) is 0 Å². The smallest absolute Gasteiger partial charge is 0.412 e. The average molecular weight is 475 g/mol. The minimum Gasteiger partial charge on any atom is -0.481 e. The number of carbonyl (C=O) groups excluding carboxylic acids is 2. The summed E-state index contributed by atoms with van der Waals surface area (Å²) in [4.78, 5) is 38.8. The summed E-state index contributed by atoms with van der Waals surface area (Å²) in [5, 5.41) is 16.1. The van der Waals surface area contributed by atoms with Crippen molar-refractivity contribution >= 4 is 23.8 Å². The maximum absolute atomic E-state index is 13.1. The molecule has 0 unspecified atom stereocenters. The van der Waals surface area contributed by atoms with E-state index in [4.69, 9.17) is 4.74 Å². The highest BCUT2D eigenvalue weighted by Crippen LogP contribution is 2.44. The van der Waals surface area contributed by atoms with Crippen molar-refractivity contribution in [2.24, 2.45) is 13.0 Å². The molecule has 0 saturated carbocycles. The average Bonchev–Trinajstić information content (AvgIpc) is 3.40. The number of anilines is 1. The number of nitrogens with zero attached hydrogens (tertiary/aromatic N) is 3. The minimum atomic E-state index is -0.911. The molecule has 0 spiro atoms. The Hall–Kier alpha value is -4.14. The number of aromatic nitrogens is 2. The highest BCUT2D eigenvalue weighted by molar-refractivity contribution is 6.01. The van der Waals surface area contributed by atoms with Gasteiger partial charge in [0.2, 0.25) is 0 Å². The molecule has 1 fully saturated rings. The molecule has 1 aliphatic carbocycles. The number of fused-ring (bicyclic) bond motifs is 3. The van der Waals surface area contributed by atoms with Gasteiger partial charge in [-0.3, -0.25) is 19.6 Å². The molecule has 2 N–H and O–H groups in total. The summed E-state index contributed by atoms with van der Waals surface area (Å²) >= 11 is 0. The Morgan fingerprint density at radius 1 is 1.09 bits per heavy atom. The van der Waals surface area contributed by atoms with E-state index in [1.807, 2.05) is 36.4 Å². The van der Waals surface area contributed by atoms with Crippen LogP contribution in [0.3, 0.4) is 0 Å². The molecule has 2 aromatic carbocycles. The number of carboxylic acid groups (broad SMARTS) is 1. The quantitative estimate of drug-likeness (QED) is 0.583. The van der Waals surface area contributed by atoms with E-state index >= 15 is 0 Å². The summed E-state index contributed by atoms with van der Waals surface area (Å²) < 4.78 is 7.00. The summed E-state index contributed by atoms with van der Waals surface area (Å²) in [5.41, 5.74) is 4.69. The molecule has 1 atom stereocenters. The lowest BCUT2D eigenvalue weighted by molar-refractivity contribution is -0.143. The number of benzene rings is 2. The summed E-state index contributed by atoms with van der Waals surface area (Å²) in [5.74, 6) is -1.74. The topological polar surface area (TPSA) is 114 Å². The predicted molar refractivity (Wildman–Crippen MR) is 128 cm³/mol. The Labute approximate surface area is 202 Å². The maximum atomic E-state index is 13.1. The number of aryl methyl sites for hydroxylation is 1. The first kappa shape index (κ1) is 22.6. The number of carbonyl (C=O) groups is 3. The van der Waals surface area contributed by atoms with Crippen molar-refractivity contribution in [3.63, 3.8) is 0 Å². The van der Waals surface area contributed by atoms with E-state index < -0.39 is 18.0 Å². The SMILES string of the molecule is Cn1ncc(C(=O)N2CCC[C@@H](C(=O)O)C2)c1NC(=O)OCC1c2ccccc2-c2ccccc21. The number of ether oxygens (including phenoxy) is 1. The molecule has 3 aromatic rings. The van der Waals surface area contributed by atoms with Crippen molar-refractivity contribution in [2.75, 3.05) is 25.0 Å². The van der Waals surface area contributed by atoms with Gasteiger partial charge < -0.3 is 14.7 Å². The number of hydrogen-bond donors (Lipinski definition) is 2. The van der Waals surface area contributed by atoms with E-state index in [0.717, 1.165) is 22.3 Å². The van der Waals surface area contributed by atoms with Crippen molar-refractivity contribution in [2.45, 2.75) is 18.8 Å². The zero-order valence-corrected chi connectivity index (χ0v) is 19.3. The number of rotatable bonds is 5. The van der Waals surface area contributed by atoms with Gasteiger partial charge in [-0.15, -0.1) is 0 Å². The number of nitrogens with one attached hydrogen (secondary N) is 1. The third-order valence-electron chi connectivity index (χ3n) is 6.79. The number of amides is 2. The first-order valence-corrected chi connectivity index (χ1v) is 11.6. The minimum absolute atomic E-state index is 0.0814. The molecule has 1 aromatic heterocycles. The lowest BCUT2D eigenvalue weighted by Gasteiger charge is -2.30. The molecule has 1 aliphatic heterocycles. The molecule has 180 valence electrons. The third kappa shape index (κ3) is 4.25. The van der Waals surface area contributed by atoms with Crippen LogP contribution in [0.15, 0.2) is 54.7 Å². The van der Waals surface area contributed by atoms with Crippen LogP contribution in [0.2, 0.25) is 0 Å². The van der Waals surface area contributed by atoms with E-state index in [1.165, 1.54) is 15.8 Å². The molecule has 9 heteroatoms. The zero-order chi connectivity index (χ0) is 24.5. The fourth-order valence-corrected chi connectivity index (χ4v) is 5.01. The molecule has 0 bridgehead atoms. The molecule has 1 saturated heterocycles. The van der Waals surface area contributed by atoms with Gasteiger partial charge in [-0.1, -0.05) is 48.5 Å². The monoisotopic (exact) mass is 474 g/mol. The van der Waals surface area contributed by atoms with Crippen LogP contribution in [-0.2, 0) is 16.6 Å². The van der Waals surface area contributed by atoms with Gasteiger partial charge in [-0.25, -0.2) is 4.79 Å². The fourth-order valence-electron chi connectivity index (χ4n) is 5.01. The molecule has 5 rings (SSSR count). The highest BCUT2D eigenvalue weighted by Gasteiger charge is 2.32. The Morgan fingerprint density at radius 2 is 1.74 bits per heavy atom. The number of piperidine rings is 1. The number of hydrogen-bond acceptors (Lipinski definition) is 5. The van der Waals surface area contributed by atoms with Gasteiger partial charge in [0.05, 0.1) is 12.1 Å². The lowest BCUT2D eigenvalue weighted by atomic mass is 9.98. The standard InChI is InChI=1S/C26H26N4O5/c1-29-23(21(13-27-29)24(31)30-12-6-7-16(14-30)25(32)33)28-26(34)35-15-22-19-10-4-2-8-17(19)18-9-3-5-11-20(18)22/h2-5,8-11,13,16,22H,6-7,12,14-15H2,1H3,(H,28,34)(H,32,33)/t16-/m1/s1. The van der Waals surface area contributed by atoms with Crippen LogP contribution in [0, 0.1) is 5.92 Å². The van der Waals surface area contributed by atoms with Crippen LogP contribution < -0.4 is 5.32 Å². The molecule has 9 nitrogen and oxygen atoms in total. The first-order valence-electron chi connectivity index (χ1n) is 11.6. The summed E-state index contributed by atoms with van der Waals surface area (Å²) in [6.45, 7) is 0.739. The Balaban J connectivity index is 1.28. The van der Waals surface area contributed by atoms with Gasteiger partial charge in [0.1, 0.15) is 18.0 Å². The van der Waals surface area contributed by atoms with E-state index in [9.17, 15) is 19.5 Å². The van der Waals surface area contributed by atoms with Gasteiger partial charge in [-0.05, 0) is 35.1 Å². The van der Waals surface area contributed by atoms with Gasteiger partial charge in [0, 0.05) is 26.1 Å². The van der Waals surface area contributed by atoms with E-state index in [2.05, 4.69) is 22.5 Å². The van der Waals surface area contributed by atoms with Crippen LogP contribution >= 0.6 is 0 Å². The molecule has 2 heterocycles. The van der Waals surface area contributed by atoms with Crippen LogP contribution in [0.25, 0.3) is 11.1 Å². The second-order valence-electron chi connectivity index (χ2n) is 8.91. The van der Waals surface area contributed by atoms with Crippen molar-refractivity contribution in [1.82, 2.24) is 14.7 Å². The Morgan fingerprint density at radius 3 is 2.40 bits per heavy atom. The van der Waals surface area contributed by atoms with Crippen LogP contribution in [0.1, 0.15) is 40.2 Å². The third-order valence-corrected chi connectivity index (χ3v) is 6.79. The molecule has 0 radical (unpaired) electrons. The normalized spacial score (nSPS) is 16.9. The van der Waals surface area contributed by atoms with E-state index in [1.54, 1.807) is 7.05 Å². The summed E-state index contributed by atoms with van der Waals surface area (Å²) in [7, 11) is 1.62. The van der Waals surface area contributed by atoms with Crippen molar-refractivity contribution < 1.29 is 24.2 Å². The second-order valence-corrected chi connectivity index (χ2v) is 8.91. The van der Waals surface area contributed by atoms with Crippen LogP contribution in [0.5, 0.6) is 0 Å². The van der Waals surface area contributed by atoms with E-state index in [-0.39, 0.29) is 36.4 Å². The molecule has 2 aliphatic rings. The molecule has 35 heavy (non-hydrogen) atoms. The van der Waals surface area contributed by atoms with Crippen LogP contribution in [0.4, 0.5) is 10.6 Å². The Kier molecular flexibility index (Phi) is 5.98. The Bertz CT molecular complexity index is 1250. The van der Waals surface area contributed by atoms with Gasteiger partial charge >= 0.3 is 12.1 Å². The van der Waals surface area contributed by atoms with Crippen molar-refractivity contribution in [1.29, 1.82) is 0 Å². The number of carboxylic acids is 1. The molecular formula is C26H26N4O5. The summed E-state index contributed by atoms with van der Waals surface area (Å²) in [6.07, 6.45) is 1.84. The second kappa shape index (κ2) is 9.25. The van der Waals surface area contributed by atoms with Crippen LogP contribution in [-0.4, -0.2) is 57.5 Å². The van der Waals surface area contributed by atoms with Crippen molar-refractivity contribution in [3.05, 3.63) is 71.4 Å². The fraction of sp³-hybridized carbons (Fsp3) is 0.308. The van der Waals surface area contributed by atoms with E-state index in [0.29, 0.717) is 19.4 Å². The highest BCUT2D eigenvalue weighted by atomic mass is 16.5. The van der Waals surface area contributed by atoms with Gasteiger partial charge in [-0.2, -0.15) is 5.10 Å². The predicted octanol–water partition coefficient (Wildman–Crippen LogP) is 3.72. The van der Waals surface area contributed by atoms with Crippen molar-refractivity contribution in [3.8, 4) is 11.1 Å². The number of likely N-dealkylation sites (tertiary alicyclic amines) is 1. The number of aliphatic carboxylic acids is 1. The lowest BCUT2D eigenvalue weighted by Crippen LogP contribution is -2.42. The maximum Gasteiger partial charge on any atom is 0.412 e. The summed E-state index contributed by atoms with van der Waals surface area (Å²) in [6, 6.07) is 16.2.